The van der Waals surface area contributed by atoms with Gasteiger partial charge in [0, 0.05) is 25.8 Å². The summed E-state index contributed by atoms with van der Waals surface area (Å²) < 4.78 is 10.8. The highest BCUT2D eigenvalue weighted by Gasteiger charge is 2.05. The van der Waals surface area contributed by atoms with Crippen LogP contribution in [0.1, 0.15) is 18.1 Å². The van der Waals surface area contributed by atoms with Gasteiger partial charge in [-0.15, -0.1) is 0 Å². The molecule has 0 amide bonds. The first-order valence-corrected chi connectivity index (χ1v) is 6.31. The van der Waals surface area contributed by atoms with Gasteiger partial charge in [0.1, 0.15) is 12.4 Å². The number of allylic oxidation sites excluding steroid dienone is 1. The molecule has 0 fully saturated rings. The number of methoxy groups -OCH3 is 1. The average molecular weight is 249 g/mol. The molecule has 0 aliphatic heterocycles. The molecule has 0 aliphatic carbocycles. The minimum Gasteiger partial charge on any atom is -0.489 e. The van der Waals surface area contributed by atoms with Crippen LogP contribution >= 0.6 is 0 Å². The quantitative estimate of drug-likeness (QED) is 0.567. The maximum Gasteiger partial charge on any atom is 0.127 e. The van der Waals surface area contributed by atoms with Crippen LogP contribution < -0.4 is 10.1 Å². The molecule has 0 heterocycles. The lowest BCUT2D eigenvalue weighted by Crippen LogP contribution is -2.19. The summed E-state index contributed by atoms with van der Waals surface area (Å²) in [6.07, 6.45) is 4.00. The van der Waals surface area contributed by atoms with E-state index in [0.717, 1.165) is 25.4 Å². The maximum atomic E-state index is 5.81. The molecule has 0 spiro atoms. The Labute approximate surface area is 110 Å². The van der Waals surface area contributed by atoms with E-state index in [0.29, 0.717) is 6.61 Å². The summed E-state index contributed by atoms with van der Waals surface area (Å²) in [5.74, 6) is 0.987. The van der Waals surface area contributed by atoms with Gasteiger partial charge in [0.2, 0.25) is 0 Å². The number of aryl methyl sites for hydroxylation is 1. The van der Waals surface area contributed by atoms with Crippen LogP contribution in [0.15, 0.2) is 30.4 Å². The Morgan fingerprint density at radius 3 is 2.89 bits per heavy atom. The molecule has 0 aliphatic rings. The van der Waals surface area contributed by atoms with E-state index in [-0.39, 0.29) is 0 Å². The fourth-order valence-corrected chi connectivity index (χ4v) is 1.68. The van der Waals surface area contributed by atoms with E-state index in [1.807, 2.05) is 19.1 Å². The molecule has 3 nitrogen and oxygen atoms in total. The van der Waals surface area contributed by atoms with Gasteiger partial charge in [-0.1, -0.05) is 30.4 Å². The van der Waals surface area contributed by atoms with Gasteiger partial charge in [-0.3, -0.25) is 0 Å². The molecule has 18 heavy (non-hydrogen) atoms. The molecule has 1 aromatic rings. The SMILES string of the molecule is C/C=C/COc1c(C)cccc1CNCCOC. The van der Waals surface area contributed by atoms with Crippen molar-refractivity contribution in [2.24, 2.45) is 0 Å². The van der Waals surface area contributed by atoms with E-state index in [1.165, 1.54) is 11.1 Å². The largest absolute Gasteiger partial charge is 0.489 e. The van der Waals surface area contributed by atoms with Crippen molar-refractivity contribution in [1.82, 2.24) is 5.32 Å². The molecule has 0 unspecified atom stereocenters. The zero-order valence-electron chi connectivity index (χ0n) is 11.5. The average Bonchev–Trinajstić information content (AvgIpc) is 2.37. The van der Waals surface area contributed by atoms with Crippen LogP contribution in [0.25, 0.3) is 0 Å². The number of nitrogens with one attached hydrogen (secondary N) is 1. The van der Waals surface area contributed by atoms with Crippen molar-refractivity contribution in [3.8, 4) is 5.75 Å². The summed E-state index contributed by atoms with van der Waals surface area (Å²) in [4.78, 5) is 0. The van der Waals surface area contributed by atoms with Gasteiger partial charge < -0.3 is 14.8 Å². The summed E-state index contributed by atoms with van der Waals surface area (Å²) in [5.41, 5.74) is 2.36. The molecule has 0 atom stereocenters. The summed E-state index contributed by atoms with van der Waals surface area (Å²) in [5, 5.41) is 3.34. The number of hydrogen-bond acceptors (Lipinski definition) is 3. The van der Waals surface area contributed by atoms with Crippen molar-refractivity contribution < 1.29 is 9.47 Å². The van der Waals surface area contributed by atoms with E-state index >= 15 is 0 Å². The van der Waals surface area contributed by atoms with Crippen LogP contribution in [-0.2, 0) is 11.3 Å². The molecular weight excluding hydrogens is 226 g/mol. The second-order valence-corrected chi connectivity index (χ2v) is 4.11. The predicted molar refractivity (Wildman–Crippen MR) is 75.1 cm³/mol. The Kier molecular flexibility index (Phi) is 7.14. The number of hydrogen-bond donors (Lipinski definition) is 1. The van der Waals surface area contributed by atoms with Gasteiger partial charge in [0.25, 0.3) is 0 Å². The second-order valence-electron chi connectivity index (χ2n) is 4.11. The van der Waals surface area contributed by atoms with Crippen LogP contribution in [0.5, 0.6) is 5.75 Å². The first-order valence-electron chi connectivity index (χ1n) is 6.31. The molecule has 0 bridgehead atoms. The zero-order chi connectivity index (χ0) is 13.2. The lowest BCUT2D eigenvalue weighted by atomic mass is 10.1. The lowest BCUT2D eigenvalue weighted by Gasteiger charge is -2.13. The van der Waals surface area contributed by atoms with Gasteiger partial charge in [-0.2, -0.15) is 0 Å². The Bertz CT molecular complexity index is 375. The topological polar surface area (TPSA) is 30.5 Å². The molecule has 0 radical (unpaired) electrons. The van der Waals surface area contributed by atoms with E-state index < -0.39 is 0 Å². The fourth-order valence-electron chi connectivity index (χ4n) is 1.68. The number of para-hydroxylation sites is 1. The Balaban J connectivity index is 2.61. The monoisotopic (exact) mass is 249 g/mol. The second kappa shape index (κ2) is 8.72. The maximum absolute atomic E-state index is 5.81. The van der Waals surface area contributed by atoms with Gasteiger partial charge in [-0.25, -0.2) is 0 Å². The summed E-state index contributed by atoms with van der Waals surface area (Å²) in [7, 11) is 1.71. The van der Waals surface area contributed by atoms with Crippen LogP contribution in [0, 0.1) is 6.92 Å². The summed E-state index contributed by atoms with van der Waals surface area (Å²) in [6.45, 7) is 7.06. The van der Waals surface area contributed by atoms with E-state index in [2.05, 4.69) is 30.4 Å². The highest BCUT2D eigenvalue weighted by Crippen LogP contribution is 2.23. The van der Waals surface area contributed by atoms with Crippen LogP contribution in [0.3, 0.4) is 0 Å². The standard InChI is InChI=1S/C15H23NO2/c1-4-5-10-18-15-13(2)7-6-8-14(15)12-16-9-11-17-3/h4-8,16H,9-12H2,1-3H3/b5-4+. The van der Waals surface area contributed by atoms with E-state index in [4.69, 9.17) is 9.47 Å². The Morgan fingerprint density at radius 2 is 2.17 bits per heavy atom. The third-order valence-corrected chi connectivity index (χ3v) is 2.65. The normalized spacial score (nSPS) is 11.1. The number of benzene rings is 1. The van der Waals surface area contributed by atoms with Crippen molar-refractivity contribution in [3.05, 3.63) is 41.5 Å². The first-order chi connectivity index (χ1) is 8.79. The van der Waals surface area contributed by atoms with Crippen molar-refractivity contribution in [1.29, 1.82) is 0 Å². The zero-order valence-corrected chi connectivity index (χ0v) is 11.5. The third kappa shape index (κ3) is 4.90. The number of ether oxygens (including phenoxy) is 2. The van der Waals surface area contributed by atoms with Crippen molar-refractivity contribution in [3.63, 3.8) is 0 Å². The summed E-state index contributed by atoms with van der Waals surface area (Å²) >= 11 is 0. The third-order valence-electron chi connectivity index (χ3n) is 2.65. The molecular formula is C15H23NO2. The minimum atomic E-state index is 0.617. The van der Waals surface area contributed by atoms with Crippen molar-refractivity contribution in [2.45, 2.75) is 20.4 Å². The molecule has 1 N–H and O–H groups in total. The Morgan fingerprint density at radius 1 is 1.33 bits per heavy atom. The molecule has 0 aromatic heterocycles. The molecule has 0 saturated carbocycles. The smallest absolute Gasteiger partial charge is 0.127 e. The fraction of sp³-hybridized carbons (Fsp3) is 0.467. The molecule has 100 valence electrons. The highest BCUT2D eigenvalue weighted by atomic mass is 16.5. The first kappa shape index (κ1) is 14.7. The van der Waals surface area contributed by atoms with Crippen molar-refractivity contribution in [2.75, 3.05) is 26.9 Å². The Hall–Kier alpha value is -1.32. The lowest BCUT2D eigenvalue weighted by molar-refractivity contribution is 0.199. The van der Waals surface area contributed by atoms with Gasteiger partial charge in [0.15, 0.2) is 0 Å². The van der Waals surface area contributed by atoms with Crippen LogP contribution in [0.2, 0.25) is 0 Å². The van der Waals surface area contributed by atoms with Crippen LogP contribution in [0.4, 0.5) is 0 Å². The molecule has 3 heteroatoms. The highest BCUT2D eigenvalue weighted by molar-refractivity contribution is 5.40. The van der Waals surface area contributed by atoms with Crippen molar-refractivity contribution >= 4 is 0 Å². The van der Waals surface area contributed by atoms with Crippen LogP contribution in [-0.4, -0.2) is 26.9 Å². The summed E-state index contributed by atoms with van der Waals surface area (Å²) in [6, 6.07) is 6.23. The van der Waals surface area contributed by atoms with E-state index in [9.17, 15) is 0 Å². The van der Waals surface area contributed by atoms with Gasteiger partial charge in [-0.05, 0) is 19.4 Å². The number of rotatable bonds is 8. The molecule has 1 rings (SSSR count). The van der Waals surface area contributed by atoms with Gasteiger partial charge in [0.05, 0.1) is 6.61 Å². The van der Waals surface area contributed by atoms with E-state index in [1.54, 1.807) is 7.11 Å². The minimum absolute atomic E-state index is 0.617. The predicted octanol–water partition coefficient (Wildman–Crippen LogP) is 2.69. The molecule has 1 aromatic carbocycles. The van der Waals surface area contributed by atoms with Gasteiger partial charge >= 0.3 is 0 Å². The molecule has 0 saturated heterocycles.